The minimum absolute atomic E-state index is 0.0275. The highest BCUT2D eigenvalue weighted by Gasteiger charge is 2.27. The Morgan fingerprint density at radius 2 is 1.69 bits per heavy atom. The first kappa shape index (κ1) is 22.0. The first-order valence-corrected chi connectivity index (χ1v) is 11.1. The molecule has 1 unspecified atom stereocenters. The van der Waals surface area contributed by atoms with Gasteiger partial charge in [-0.25, -0.2) is 9.97 Å². The third kappa shape index (κ3) is 4.39. The number of furan rings is 1. The number of aliphatic hydroxyl groups excluding tert-OH is 1. The summed E-state index contributed by atoms with van der Waals surface area (Å²) in [7, 11) is 0. The van der Waals surface area contributed by atoms with Gasteiger partial charge in [-0.15, -0.1) is 0 Å². The van der Waals surface area contributed by atoms with Gasteiger partial charge in [0, 0.05) is 23.7 Å². The molecule has 166 valence electrons. The maximum absolute atomic E-state index is 9.86. The van der Waals surface area contributed by atoms with Crippen LogP contribution in [0.15, 0.2) is 65.3 Å². The molecule has 5 nitrogen and oxygen atoms in total. The molecule has 0 saturated carbocycles. The summed E-state index contributed by atoms with van der Waals surface area (Å²) in [6.45, 7) is 8.83. The first-order chi connectivity index (χ1) is 15.4. The van der Waals surface area contributed by atoms with Gasteiger partial charge in [0.2, 0.25) is 11.6 Å². The van der Waals surface area contributed by atoms with E-state index in [0.29, 0.717) is 18.2 Å². The monoisotopic (exact) mass is 430 g/mol. The fraction of sp³-hybridized carbons (Fsp3) is 0.333. The van der Waals surface area contributed by atoms with Crippen molar-refractivity contribution < 1.29 is 14.3 Å². The summed E-state index contributed by atoms with van der Waals surface area (Å²) >= 11 is 0. The maximum Gasteiger partial charge on any atom is 0.234 e. The maximum atomic E-state index is 9.86. The number of benzene rings is 2. The van der Waals surface area contributed by atoms with Crippen molar-refractivity contribution in [1.82, 2.24) is 9.97 Å². The number of ether oxygens (including phenoxy) is 1. The van der Waals surface area contributed by atoms with Gasteiger partial charge in [-0.05, 0) is 23.0 Å². The number of hydrogen-bond donors (Lipinski definition) is 1. The third-order valence-electron chi connectivity index (χ3n) is 6.01. The smallest absolute Gasteiger partial charge is 0.234 e. The van der Waals surface area contributed by atoms with Crippen molar-refractivity contribution in [3.63, 3.8) is 0 Å². The van der Waals surface area contributed by atoms with Crippen LogP contribution < -0.4 is 4.74 Å². The lowest BCUT2D eigenvalue weighted by Crippen LogP contribution is -2.29. The second kappa shape index (κ2) is 9.13. The van der Waals surface area contributed by atoms with E-state index in [4.69, 9.17) is 9.15 Å². The zero-order valence-electron chi connectivity index (χ0n) is 19.1. The zero-order chi connectivity index (χ0) is 22.7. The quantitative estimate of drug-likeness (QED) is 0.381. The van der Waals surface area contributed by atoms with Crippen molar-refractivity contribution in [1.29, 1.82) is 0 Å². The van der Waals surface area contributed by atoms with Crippen LogP contribution in [-0.4, -0.2) is 28.3 Å². The number of aliphatic hydroxyl groups is 1. The Hall–Kier alpha value is -3.18. The lowest BCUT2D eigenvalue weighted by Gasteiger charge is -2.28. The molecule has 5 heteroatoms. The minimum atomic E-state index is -0.0920. The topological polar surface area (TPSA) is 68.4 Å². The van der Waals surface area contributed by atoms with E-state index in [1.54, 1.807) is 0 Å². The van der Waals surface area contributed by atoms with Crippen LogP contribution in [0.1, 0.15) is 33.3 Å². The van der Waals surface area contributed by atoms with Crippen LogP contribution >= 0.6 is 0 Å². The average molecular weight is 431 g/mol. The molecule has 0 aliphatic carbocycles. The molecule has 4 aromatic rings. The predicted molar refractivity (Wildman–Crippen MR) is 128 cm³/mol. The van der Waals surface area contributed by atoms with Crippen molar-refractivity contribution in [3.05, 3.63) is 66.5 Å². The number of rotatable bonds is 7. The van der Waals surface area contributed by atoms with Crippen molar-refractivity contribution in [2.24, 2.45) is 11.3 Å². The molecule has 0 bridgehead atoms. The van der Waals surface area contributed by atoms with Crippen LogP contribution in [0.3, 0.4) is 0 Å². The molecule has 2 heterocycles. The Kier molecular flexibility index (Phi) is 6.28. The lowest BCUT2D eigenvalue weighted by atomic mass is 9.82. The Labute approximate surface area is 189 Å². The number of hydrogen-bond acceptors (Lipinski definition) is 5. The minimum Gasteiger partial charge on any atom is -0.477 e. The summed E-state index contributed by atoms with van der Waals surface area (Å²) in [6.07, 6.45) is 2.44. The summed E-state index contributed by atoms with van der Waals surface area (Å²) in [6, 6.07) is 18.5. The number of aromatic nitrogens is 2. The SMILES string of the molecule is CCc1ccc(-c2c(-c3ccccc3)oc3ncnc(OCC(CO)C(C)(C)C)c23)cc1. The fourth-order valence-corrected chi connectivity index (χ4v) is 3.75. The van der Waals surface area contributed by atoms with Crippen molar-refractivity contribution in [3.8, 4) is 28.3 Å². The molecule has 1 N–H and O–H groups in total. The fourth-order valence-electron chi connectivity index (χ4n) is 3.75. The zero-order valence-corrected chi connectivity index (χ0v) is 19.1. The molecule has 2 aromatic carbocycles. The van der Waals surface area contributed by atoms with Gasteiger partial charge in [-0.2, -0.15) is 0 Å². The van der Waals surface area contributed by atoms with Crippen molar-refractivity contribution >= 4 is 11.1 Å². The second-order valence-corrected chi connectivity index (χ2v) is 9.14. The summed E-state index contributed by atoms with van der Waals surface area (Å²) in [5, 5.41) is 10.6. The van der Waals surface area contributed by atoms with Crippen molar-refractivity contribution in [2.45, 2.75) is 34.1 Å². The van der Waals surface area contributed by atoms with Gasteiger partial charge >= 0.3 is 0 Å². The van der Waals surface area contributed by atoms with Crippen LogP contribution in [-0.2, 0) is 6.42 Å². The Balaban J connectivity index is 1.87. The van der Waals surface area contributed by atoms with E-state index in [2.05, 4.69) is 61.9 Å². The van der Waals surface area contributed by atoms with Gasteiger partial charge in [0.15, 0.2) is 0 Å². The van der Waals surface area contributed by atoms with Gasteiger partial charge in [-0.1, -0.05) is 82.3 Å². The molecule has 4 rings (SSSR count). The summed E-state index contributed by atoms with van der Waals surface area (Å²) in [4.78, 5) is 8.84. The van der Waals surface area contributed by atoms with Crippen LogP contribution in [0, 0.1) is 11.3 Å². The molecule has 0 amide bonds. The number of fused-ring (bicyclic) bond motifs is 1. The molecule has 2 aromatic heterocycles. The van der Waals surface area contributed by atoms with Gasteiger partial charge in [0.05, 0.1) is 6.61 Å². The highest BCUT2D eigenvalue weighted by Crippen LogP contribution is 2.43. The van der Waals surface area contributed by atoms with E-state index in [1.165, 1.54) is 11.9 Å². The van der Waals surface area contributed by atoms with E-state index in [1.807, 2.05) is 30.3 Å². The van der Waals surface area contributed by atoms with Gasteiger partial charge < -0.3 is 14.3 Å². The van der Waals surface area contributed by atoms with Crippen LogP contribution in [0.2, 0.25) is 0 Å². The standard InChI is InChI=1S/C27H30N2O3/c1-5-18-11-13-19(14-12-18)22-23-25(31-16-21(15-30)27(2,3)4)28-17-29-26(23)32-24(22)20-9-7-6-8-10-20/h6-14,17,21,30H,5,15-16H2,1-4H3. The predicted octanol–water partition coefficient (Wildman–Crippen LogP) is 6.15. The molecule has 1 atom stereocenters. The normalized spacial score (nSPS) is 12.8. The Morgan fingerprint density at radius 3 is 2.31 bits per heavy atom. The Morgan fingerprint density at radius 1 is 0.969 bits per heavy atom. The van der Waals surface area contributed by atoms with E-state index >= 15 is 0 Å². The summed E-state index contributed by atoms with van der Waals surface area (Å²) < 4.78 is 12.4. The largest absolute Gasteiger partial charge is 0.477 e. The lowest BCUT2D eigenvalue weighted by molar-refractivity contribution is 0.0806. The molecule has 0 spiro atoms. The summed E-state index contributed by atoms with van der Waals surface area (Å²) in [5.41, 5.74) is 4.57. The molecule has 0 radical (unpaired) electrons. The van der Waals surface area contributed by atoms with Crippen LogP contribution in [0.4, 0.5) is 0 Å². The average Bonchev–Trinajstić information content (AvgIpc) is 3.19. The molecular weight excluding hydrogens is 400 g/mol. The van der Waals surface area contributed by atoms with Gasteiger partial charge in [0.1, 0.15) is 17.5 Å². The molecule has 0 fully saturated rings. The molecule has 0 aliphatic rings. The first-order valence-electron chi connectivity index (χ1n) is 11.1. The molecule has 0 saturated heterocycles. The van der Waals surface area contributed by atoms with Gasteiger partial charge in [0.25, 0.3) is 0 Å². The van der Waals surface area contributed by atoms with E-state index in [-0.39, 0.29) is 17.9 Å². The third-order valence-corrected chi connectivity index (χ3v) is 6.01. The van der Waals surface area contributed by atoms with Gasteiger partial charge in [-0.3, -0.25) is 0 Å². The van der Waals surface area contributed by atoms with E-state index < -0.39 is 0 Å². The number of aryl methyl sites for hydroxylation is 1. The highest BCUT2D eigenvalue weighted by molar-refractivity contribution is 6.03. The highest BCUT2D eigenvalue weighted by atomic mass is 16.5. The van der Waals surface area contributed by atoms with Crippen LogP contribution in [0.25, 0.3) is 33.6 Å². The molecule has 32 heavy (non-hydrogen) atoms. The summed E-state index contributed by atoms with van der Waals surface area (Å²) in [5.74, 6) is 1.18. The number of nitrogens with zero attached hydrogens (tertiary/aromatic N) is 2. The van der Waals surface area contributed by atoms with E-state index in [0.717, 1.165) is 34.3 Å². The van der Waals surface area contributed by atoms with Crippen LogP contribution in [0.5, 0.6) is 5.88 Å². The molecular formula is C27H30N2O3. The van der Waals surface area contributed by atoms with Crippen molar-refractivity contribution in [2.75, 3.05) is 13.2 Å². The Bertz CT molecular complexity index is 1180. The molecule has 0 aliphatic heterocycles. The van der Waals surface area contributed by atoms with E-state index in [9.17, 15) is 5.11 Å². The second-order valence-electron chi connectivity index (χ2n) is 9.14.